The van der Waals surface area contributed by atoms with Crippen molar-refractivity contribution in [1.29, 1.82) is 0 Å². The van der Waals surface area contributed by atoms with Gasteiger partial charge in [0.25, 0.3) is 11.7 Å². The number of benzene rings is 1. The number of amides is 1. The molecule has 3 fully saturated rings. The van der Waals surface area contributed by atoms with Crippen molar-refractivity contribution >= 4 is 35.3 Å². The number of fused-ring (bicyclic) bond motifs is 3. The lowest BCUT2D eigenvalue weighted by Crippen LogP contribution is -2.64. The summed E-state index contributed by atoms with van der Waals surface area (Å²) in [4.78, 5) is 71.5. The molecule has 2 saturated heterocycles. The Hall–Kier alpha value is -3.89. The molecule has 14 heteroatoms. The molecule has 2 bridgehead atoms. The average Bonchev–Trinajstić information content (AvgIpc) is 3.32. The molecule has 0 aromatic heterocycles. The zero-order valence-electron chi connectivity index (χ0n) is 41.8. The summed E-state index contributed by atoms with van der Waals surface area (Å²) in [6.45, 7) is 12.7. The number of methoxy groups -OCH3 is 2. The number of ether oxygens (including phenoxy) is 4. The van der Waals surface area contributed by atoms with Gasteiger partial charge in [0.05, 0.1) is 24.4 Å². The second-order valence-electron chi connectivity index (χ2n) is 20.7. The third-order valence-corrected chi connectivity index (χ3v) is 15.0. The van der Waals surface area contributed by atoms with Crippen LogP contribution in [0.1, 0.15) is 135 Å². The molecule has 1 aliphatic carbocycles. The smallest absolute Gasteiger partial charge is 0.329 e. The molecule has 68 heavy (non-hydrogen) atoms. The van der Waals surface area contributed by atoms with Crippen LogP contribution in [-0.2, 0) is 38.1 Å². The summed E-state index contributed by atoms with van der Waals surface area (Å²) < 4.78 is 24.5. The van der Waals surface area contributed by atoms with E-state index in [9.17, 15) is 44.4 Å². The molecule has 1 saturated carbocycles. The highest BCUT2D eigenvalue weighted by Crippen LogP contribution is 2.39. The molecule has 1 amide bonds. The van der Waals surface area contributed by atoms with Crippen molar-refractivity contribution in [1.82, 2.24) is 4.90 Å². The molecular weight excluding hydrogens is 871 g/mol. The molecule has 0 radical (unpaired) electrons. The van der Waals surface area contributed by atoms with E-state index < -0.39 is 83.9 Å². The van der Waals surface area contributed by atoms with Crippen LogP contribution in [0.3, 0.4) is 0 Å². The van der Waals surface area contributed by atoms with Gasteiger partial charge in [-0.1, -0.05) is 88.8 Å². The Morgan fingerprint density at radius 2 is 1.60 bits per heavy atom. The highest BCUT2D eigenvalue weighted by molar-refractivity contribution is 6.39. The fourth-order valence-electron chi connectivity index (χ4n) is 10.8. The molecule has 4 N–H and O–H groups in total. The van der Waals surface area contributed by atoms with Gasteiger partial charge in [0, 0.05) is 68.9 Å². The standard InChI is InChI=1S/C54H79NO13/c1-31(2)48(60)39-19-16-37(17-20-39)13-12-14-40-24-32(3)23-33(4)25-46(65-8)50-47(66-9)27-35(6)54(64,68-50)51(61)52(62)55-22-11-10-15-42(55)53(63)67-49(36(7)44(58)29-45(40)59)34(5)26-38-18-21-43(57)41(28-38)30-56/h12-13,16-17,19-20,24,26,31,33,35-36,38,40-44,46-47,49-50,56-58,64H,10-11,14-15,18,21-23,25,27-30H2,1-9H3/b13-12+,32-24+,34-26+/t33-,35+,36+,38-,40+,41-,42?,43+,44-,46-,47-,49+,50?,54+/m0/s1. The first-order valence-electron chi connectivity index (χ1n) is 24.9. The lowest BCUT2D eigenvalue weighted by Gasteiger charge is -2.47. The number of esters is 1. The number of rotatable bonds is 10. The first kappa shape index (κ1) is 55.0. The number of ketones is 3. The molecule has 14 atom stereocenters. The minimum Gasteiger partial charge on any atom is -0.456 e. The van der Waals surface area contributed by atoms with E-state index in [4.69, 9.17) is 18.9 Å². The number of Topliss-reactive ketones (excluding diaryl/α,β-unsaturated/α-hetero) is 3. The minimum absolute atomic E-state index is 0.0481. The van der Waals surface area contributed by atoms with Crippen LogP contribution in [0.15, 0.2) is 53.6 Å². The molecule has 2 unspecified atom stereocenters. The Bertz CT molecular complexity index is 1990. The summed E-state index contributed by atoms with van der Waals surface area (Å²) in [6, 6.07) is 6.14. The van der Waals surface area contributed by atoms with Gasteiger partial charge in [-0.05, 0) is 101 Å². The van der Waals surface area contributed by atoms with Gasteiger partial charge in [-0.2, -0.15) is 0 Å². The van der Waals surface area contributed by atoms with E-state index in [2.05, 4.69) is 0 Å². The number of aliphatic hydroxyl groups excluding tert-OH is 3. The molecule has 0 spiro atoms. The Labute approximate surface area is 403 Å². The Kier molecular flexibility index (Phi) is 20.1. The summed E-state index contributed by atoms with van der Waals surface area (Å²) in [7, 11) is 3.04. The van der Waals surface area contributed by atoms with Crippen LogP contribution in [0.5, 0.6) is 0 Å². The highest BCUT2D eigenvalue weighted by Gasteiger charge is 2.56. The summed E-state index contributed by atoms with van der Waals surface area (Å²) >= 11 is 0. The number of hydrogen-bond donors (Lipinski definition) is 4. The molecule has 3 aliphatic heterocycles. The number of aliphatic hydroxyl groups is 4. The zero-order chi connectivity index (χ0) is 50.0. The summed E-state index contributed by atoms with van der Waals surface area (Å²) in [5.41, 5.74) is 3.01. The van der Waals surface area contributed by atoms with Gasteiger partial charge in [-0.15, -0.1) is 0 Å². The van der Waals surface area contributed by atoms with E-state index >= 15 is 0 Å². The number of allylic oxidation sites excluding steroid dienone is 4. The van der Waals surface area contributed by atoms with Crippen molar-refractivity contribution in [3.8, 4) is 0 Å². The lowest BCUT2D eigenvalue weighted by atomic mass is 9.78. The van der Waals surface area contributed by atoms with E-state index in [0.717, 1.165) is 11.1 Å². The van der Waals surface area contributed by atoms with Crippen molar-refractivity contribution in [2.45, 2.75) is 168 Å². The molecular formula is C54H79NO13. The third-order valence-electron chi connectivity index (χ3n) is 15.0. The van der Waals surface area contributed by atoms with E-state index in [1.807, 2.05) is 64.1 Å². The van der Waals surface area contributed by atoms with Crippen LogP contribution >= 0.6 is 0 Å². The van der Waals surface area contributed by atoms with Crippen molar-refractivity contribution in [3.05, 3.63) is 64.8 Å². The maximum absolute atomic E-state index is 14.5. The number of nitrogens with zero attached hydrogens (tertiary/aromatic N) is 1. The normalized spacial score (nSPS) is 36.4. The van der Waals surface area contributed by atoms with Crippen molar-refractivity contribution in [2.75, 3.05) is 27.4 Å². The van der Waals surface area contributed by atoms with Gasteiger partial charge in [-0.25, -0.2) is 4.79 Å². The lowest BCUT2D eigenvalue weighted by molar-refractivity contribution is -0.302. The predicted octanol–water partition coefficient (Wildman–Crippen LogP) is 6.60. The number of carbonyl (C=O) groups excluding carboxylic acids is 5. The van der Waals surface area contributed by atoms with Crippen LogP contribution < -0.4 is 0 Å². The summed E-state index contributed by atoms with van der Waals surface area (Å²) in [5.74, 6) is -8.65. The molecule has 378 valence electrons. The van der Waals surface area contributed by atoms with Gasteiger partial charge in [0.1, 0.15) is 24.0 Å². The van der Waals surface area contributed by atoms with Gasteiger partial charge in [-0.3, -0.25) is 19.2 Å². The van der Waals surface area contributed by atoms with Crippen LogP contribution in [0.4, 0.5) is 0 Å². The Morgan fingerprint density at radius 3 is 2.25 bits per heavy atom. The number of cyclic esters (lactones) is 1. The monoisotopic (exact) mass is 950 g/mol. The maximum Gasteiger partial charge on any atom is 0.329 e. The largest absolute Gasteiger partial charge is 0.456 e. The zero-order valence-corrected chi connectivity index (χ0v) is 41.8. The number of hydrogen-bond acceptors (Lipinski definition) is 13. The Morgan fingerprint density at radius 1 is 0.926 bits per heavy atom. The van der Waals surface area contributed by atoms with Crippen LogP contribution in [-0.4, -0.2) is 130 Å². The predicted molar refractivity (Wildman–Crippen MR) is 257 cm³/mol. The SMILES string of the molecule is CO[C@H]1C[C@@H](C)C/C(C)=C/[C@@H](C/C=C/c2ccc(C(=O)C(C)C)cc2)C(=O)C[C@H](O)[C@@H](C)[C@@H](/C(C)=C/[C@@H]2CC[C@@H](O)[C@H](CO)C2)OC(=O)C2CCCCN2C(=O)C(=O)[C@]2(O)OC1[C@@H](OC)C[C@H]2C. The van der Waals surface area contributed by atoms with Gasteiger partial charge >= 0.3 is 5.97 Å². The molecule has 14 nitrogen and oxygen atoms in total. The summed E-state index contributed by atoms with van der Waals surface area (Å²) in [6.07, 6.45) is 6.60. The van der Waals surface area contributed by atoms with E-state index in [1.165, 1.54) is 19.1 Å². The molecule has 4 aliphatic rings. The Balaban J connectivity index is 1.55. The third kappa shape index (κ3) is 13.5. The quantitative estimate of drug-likeness (QED) is 0.0846. The highest BCUT2D eigenvalue weighted by atomic mass is 16.7. The fraction of sp³-hybridized carbons (Fsp3) is 0.685. The first-order valence-corrected chi connectivity index (χ1v) is 24.9. The number of piperidine rings is 1. The van der Waals surface area contributed by atoms with E-state index in [0.29, 0.717) is 62.5 Å². The summed E-state index contributed by atoms with van der Waals surface area (Å²) in [5, 5.41) is 44.6. The van der Waals surface area contributed by atoms with E-state index in [1.54, 1.807) is 32.9 Å². The molecule has 1 aromatic carbocycles. The van der Waals surface area contributed by atoms with Crippen molar-refractivity contribution in [2.24, 2.45) is 41.4 Å². The second kappa shape index (κ2) is 24.8. The topological polar surface area (TPSA) is 206 Å². The fourth-order valence-corrected chi connectivity index (χ4v) is 10.8. The molecule has 1 aromatic rings. The van der Waals surface area contributed by atoms with Crippen molar-refractivity contribution in [3.63, 3.8) is 0 Å². The van der Waals surface area contributed by atoms with Gasteiger partial charge in [0.2, 0.25) is 5.79 Å². The van der Waals surface area contributed by atoms with Crippen LogP contribution in [0.25, 0.3) is 6.08 Å². The van der Waals surface area contributed by atoms with Gasteiger partial charge < -0.3 is 44.3 Å². The van der Waals surface area contributed by atoms with Crippen LogP contribution in [0.2, 0.25) is 0 Å². The maximum atomic E-state index is 14.5. The average molecular weight is 950 g/mol. The number of carbonyl (C=O) groups is 5. The van der Waals surface area contributed by atoms with Crippen LogP contribution in [0, 0.1) is 41.4 Å². The van der Waals surface area contributed by atoms with Gasteiger partial charge in [0.15, 0.2) is 5.78 Å². The molecule has 3 heterocycles. The van der Waals surface area contributed by atoms with Crippen molar-refractivity contribution < 1.29 is 63.3 Å². The molecule has 5 rings (SSSR count). The van der Waals surface area contributed by atoms with E-state index in [-0.39, 0.29) is 67.7 Å². The second-order valence-corrected chi connectivity index (χ2v) is 20.7. The first-order chi connectivity index (χ1) is 32.2. The minimum atomic E-state index is -2.55.